The summed E-state index contributed by atoms with van der Waals surface area (Å²) < 4.78 is 4.21. The monoisotopic (exact) mass is 1110 g/mol. The van der Waals surface area contributed by atoms with Gasteiger partial charge in [0.25, 0.3) is 0 Å². The number of aryl methyl sites for hydroxylation is 2. The SMILES string of the molecule is CC(O)CC(C)O.Cc1ccccc1-c1nnc(-c2[c-]cccc2)n1-c1ccccc1.Cc1ccccc1-c1nnc(-c2ccccc2)n1-c1ccccc1.[Ir].[Ir]. The van der Waals surface area contributed by atoms with Gasteiger partial charge < -0.3 is 14.8 Å². The van der Waals surface area contributed by atoms with Gasteiger partial charge in [-0.2, -0.15) is 5.10 Å². The van der Waals surface area contributed by atoms with E-state index in [0.29, 0.717) is 6.42 Å². The van der Waals surface area contributed by atoms with Crippen molar-refractivity contribution in [3.63, 3.8) is 0 Å². The van der Waals surface area contributed by atoms with E-state index in [9.17, 15) is 0 Å². The number of para-hydroxylation sites is 2. The van der Waals surface area contributed by atoms with Crippen molar-refractivity contribution < 1.29 is 50.4 Å². The van der Waals surface area contributed by atoms with Gasteiger partial charge in [0.15, 0.2) is 17.5 Å². The maximum atomic E-state index is 8.56. The Labute approximate surface area is 362 Å². The van der Waals surface area contributed by atoms with Gasteiger partial charge in [-0.05, 0) is 69.5 Å². The van der Waals surface area contributed by atoms with Crippen molar-refractivity contribution in [2.45, 2.75) is 46.3 Å². The van der Waals surface area contributed by atoms with E-state index in [1.807, 2.05) is 103 Å². The second kappa shape index (κ2) is 21.9. The summed E-state index contributed by atoms with van der Waals surface area (Å²) in [5.74, 6) is 3.34. The smallest absolute Gasteiger partial charge is 0.169 e. The minimum atomic E-state index is -0.375. The summed E-state index contributed by atoms with van der Waals surface area (Å²) in [7, 11) is 0. The Bertz CT molecular complexity index is 2220. The van der Waals surface area contributed by atoms with E-state index >= 15 is 0 Å². The van der Waals surface area contributed by atoms with Gasteiger partial charge in [-0.25, -0.2) is 0 Å². The summed E-state index contributed by atoms with van der Waals surface area (Å²) in [6.07, 6.45) is -0.278. The van der Waals surface area contributed by atoms with E-state index in [-0.39, 0.29) is 52.4 Å². The first kappa shape index (κ1) is 44.5. The Morgan fingerprint density at radius 2 is 0.860 bits per heavy atom. The second-order valence-corrected chi connectivity index (χ2v) is 13.2. The second-order valence-electron chi connectivity index (χ2n) is 13.2. The van der Waals surface area contributed by atoms with Crippen molar-refractivity contribution in [1.82, 2.24) is 29.5 Å². The molecule has 0 amide bonds. The van der Waals surface area contributed by atoms with Gasteiger partial charge in [-0.15, -0.1) is 51.2 Å². The van der Waals surface area contributed by atoms with Gasteiger partial charge in [0.2, 0.25) is 0 Å². The molecule has 0 aliphatic carbocycles. The van der Waals surface area contributed by atoms with Crippen LogP contribution < -0.4 is 0 Å². The van der Waals surface area contributed by atoms with Crippen molar-refractivity contribution in [3.8, 4) is 56.9 Å². The van der Waals surface area contributed by atoms with Crippen LogP contribution in [0.1, 0.15) is 31.4 Å². The normalized spacial score (nSPS) is 11.3. The summed E-state index contributed by atoms with van der Waals surface area (Å²) >= 11 is 0. The molecule has 8 nitrogen and oxygen atoms in total. The largest absolute Gasteiger partial charge is 0.393 e. The van der Waals surface area contributed by atoms with E-state index in [1.165, 1.54) is 11.1 Å². The molecule has 0 bridgehead atoms. The number of hydrogen-bond donors (Lipinski definition) is 2. The Hall–Kier alpha value is -5.18. The predicted molar refractivity (Wildman–Crippen MR) is 221 cm³/mol. The number of benzene rings is 6. The van der Waals surface area contributed by atoms with E-state index < -0.39 is 0 Å². The van der Waals surface area contributed by atoms with Crippen LogP contribution in [0.3, 0.4) is 0 Å². The summed E-state index contributed by atoms with van der Waals surface area (Å²) in [5, 5.41) is 35.1. The van der Waals surface area contributed by atoms with Crippen molar-refractivity contribution in [1.29, 1.82) is 0 Å². The fourth-order valence-electron chi connectivity index (χ4n) is 6.18. The number of hydrogen-bond acceptors (Lipinski definition) is 6. The fraction of sp³-hybridized carbons (Fsp3) is 0.149. The first-order valence-electron chi connectivity index (χ1n) is 18.3. The van der Waals surface area contributed by atoms with Crippen LogP contribution in [0, 0.1) is 19.9 Å². The Morgan fingerprint density at radius 3 is 1.28 bits per heavy atom. The molecule has 2 heterocycles. The molecule has 2 aromatic heterocycles. The molecular weight excluding hydrogens is 1060 g/mol. The molecule has 10 heteroatoms. The van der Waals surface area contributed by atoms with Crippen molar-refractivity contribution in [2.24, 2.45) is 0 Å². The van der Waals surface area contributed by atoms with Crippen LogP contribution in [0.4, 0.5) is 0 Å². The molecule has 2 atom stereocenters. The molecule has 2 N–H and O–H groups in total. The first-order chi connectivity index (χ1) is 26.8. The number of aliphatic hydroxyl groups excluding tert-OH is 2. The summed E-state index contributed by atoms with van der Waals surface area (Å²) in [6.45, 7) is 7.51. The molecule has 0 aliphatic rings. The summed E-state index contributed by atoms with van der Waals surface area (Å²) in [5.41, 5.74) is 8.59. The summed E-state index contributed by atoms with van der Waals surface area (Å²) in [4.78, 5) is 0. The molecule has 2 unspecified atom stereocenters. The number of nitrogens with zero attached hydrogens (tertiary/aromatic N) is 6. The first-order valence-corrected chi connectivity index (χ1v) is 18.3. The Kier molecular flexibility index (Phi) is 17.1. The van der Waals surface area contributed by atoms with E-state index in [0.717, 1.165) is 56.9 Å². The van der Waals surface area contributed by atoms with Crippen LogP contribution in [-0.2, 0) is 40.2 Å². The zero-order valence-corrected chi connectivity index (χ0v) is 37.0. The molecule has 0 aliphatic heterocycles. The fourth-order valence-corrected chi connectivity index (χ4v) is 6.18. The molecule has 8 aromatic rings. The average Bonchev–Trinajstić information content (AvgIpc) is 3.86. The quantitative estimate of drug-likeness (QED) is 0.147. The third-order valence-electron chi connectivity index (χ3n) is 8.79. The molecular formula is C47H45Ir2N6O2-. The topological polar surface area (TPSA) is 102 Å². The molecule has 0 spiro atoms. The third kappa shape index (κ3) is 11.5. The Morgan fingerprint density at radius 1 is 0.474 bits per heavy atom. The van der Waals surface area contributed by atoms with Crippen LogP contribution in [0.2, 0.25) is 0 Å². The van der Waals surface area contributed by atoms with Crippen LogP contribution >= 0.6 is 0 Å². The molecule has 0 fully saturated rings. The van der Waals surface area contributed by atoms with E-state index in [4.69, 9.17) is 10.2 Å². The molecule has 8 rings (SSSR count). The van der Waals surface area contributed by atoms with Gasteiger partial charge in [-0.3, -0.25) is 4.57 Å². The van der Waals surface area contributed by atoms with Crippen LogP contribution in [0.25, 0.3) is 56.9 Å². The molecule has 6 aromatic carbocycles. The maximum absolute atomic E-state index is 8.56. The van der Waals surface area contributed by atoms with Crippen molar-refractivity contribution in [2.75, 3.05) is 0 Å². The number of aromatic nitrogens is 6. The van der Waals surface area contributed by atoms with E-state index in [2.05, 4.69) is 110 Å². The average molecular weight is 1110 g/mol. The Balaban J connectivity index is 0.000000211. The molecule has 0 saturated carbocycles. The minimum absolute atomic E-state index is 0. The standard InChI is InChI=1S/C21H17N3.C21H16N3.C5H12O2.2Ir/c2*1-16-10-8-9-15-19(16)21-23-22-20(17-11-4-2-5-12-17)24(21)18-13-6-3-7-14-18;1-4(6)3-5(2)7;;/h2-15H,1H3;2-11,13-15H,1H3;4-7H,3H2,1-2H3;;/q;-1;;;. The summed E-state index contributed by atoms with van der Waals surface area (Å²) in [6, 6.07) is 58.2. The van der Waals surface area contributed by atoms with Crippen LogP contribution in [-0.4, -0.2) is 51.9 Å². The number of aliphatic hydroxyl groups is 2. The third-order valence-corrected chi connectivity index (χ3v) is 8.79. The minimum Gasteiger partial charge on any atom is -0.393 e. The molecule has 294 valence electrons. The van der Waals surface area contributed by atoms with Gasteiger partial charge in [-0.1, -0.05) is 115 Å². The zero-order chi connectivity index (χ0) is 38.6. The zero-order valence-electron chi connectivity index (χ0n) is 32.2. The number of rotatable bonds is 8. The van der Waals surface area contributed by atoms with Gasteiger partial charge in [0.05, 0.1) is 18.0 Å². The van der Waals surface area contributed by atoms with Crippen LogP contribution in [0.5, 0.6) is 0 Å². The maximum Gasteiger partial charge on any atom is 0.169 e. The predicted octanol–water partition coefficient (Wildman–Crippen LogP) is 9.75. The van der Waals surface area contributed by atoms with Gasteiger partial charge in [0.1, 0.15) is 0 Å². The molecule has 0 saturated heterocycles. The van der Waals surface area contributed by atoms with Crippen LogP contribution in [0.15, 0.2) is 164 Å². The van der Waals surface area contributed by atoms with Gasteiger partial charge in [0, 0.05) is 68.3 Å². The molecule has 2 radical (unpaired) electrons. The van der Waals surface area contributed by atoms with Gasteiger partial charge >= 0.3 is 0 Å². The van der Waals surface area contributed by atoms with Crippen molar-refractivity contribution >= 4 is 0 Å². The van der Waals surface area contributed by atoms with E-state index in [1.54, 1.807) is 13.8 Å². The van der Waals surface area contributed by atoms with Crippen molar-refractivity contribution in [3.05, 3.63) is 181 Å². The molecule has 57 heavy (non-hydrogen) atoms.